The second-order valence-corrected chi connectivity index (χ2v) is 3.01. The highest BCUT2D eigenvalue weighted by molar-refractivity contribution is 9.10. The van der Waals surface area contributed by atoms with E-state index in [-0.39, 0.29) is 11.3 Å². The largest absolute Gasteiger partial charge is 0.478 e. The van der Waals surface area contributed by atoms with Gasteiger partial charge in [0.15, 0.2) is 5.82 Å². The van der Waals surface area contributed by atoms with Crippen LogP contribution in [0.3, 0.4) is 0 Å². The first kappa shape index (κ1) is 9.12. The molecular weight excluding hydrogens is 229 g/mol. The molecule has 0 spiro atoms. The molecule has 0 aromatic carbocycles. The van der Waals surface area contributed by atoms with E-state index in [1.54, 1.807) is 0 Å². The molecule has 0 bridgehead atoms. The fourth-order valence-corrected chi connectivity index (χ4v) is 1.27. The summed E-state index contributed by atoms with van der Waals surface area (Å²) in [4.78, 5) is 14.1. The van der Waals surface area contributed by atoms with Crippen molar-refractivity contribution >= 4 is 21.9 Å². The van der Waals surface area contributed by atoms with Gasteiger partial charge in [0.25, 0.3) is 0 Å². The first-order chi connectivity index (χ1) is 5.52. The minimum Gasteiger partial charge on any atom is -0.478 e. The fourth-order valence-electron chi connectivity index (χ4n) is 0.775. The van der Waals surface area contributed by atoms with Gasteiger partial charge in [-0.25, -0.2) is 14.2 Å². The molecular formula is C7H5BrFNO2. The van der Waals surface area contributed by atoms with Gasteiger partial charge in [0.05, 0.1) is 11.3 Å². The Balaban J connectivity index is 3.37. The maximum atomic E-state index is 13.0. The van der Waals surface area contributed by atoms with E-state index in [1.165, 1.54) is 6.92 Å². The second kappa shape index (κ2) is 3.18. The lowest BCUT2D eigenvalue weighted by molar-refractivity contribution is 0.0691. The molecule has 0 saturated heterocycles. The molecule has 1 aromatic heterocycles. The minimum absolute atomic E-state index is 0.0711. The van der Waals surface area contributed by atoms with Gasteiger partial charge in [-0.05, 0) is 28.9 Å². The number of carbonyl (C=O) groups is 1. The Labute approximate surface area is 76.4 Å². The molecule has 1 heterocycles. The number of pyridine rings is 1. The van der Waals surface area contributed by atoms with Crippen LogP contribution in [-0.4, -0.2) is 16.1 Å². The topological polar surface area (TPSA) is 50.2 Å². The predicted octanol–water partition coefficient (Wildman–Crippen LogP) is 1.99. The molecule has 64 valence electrons. The maximum absolute atomic E-state index is 13.0. The zero-order valence-corrected chi connectivity index (χ0v) is 7.72. The summed E-state index contributed by atoms with van der Waals surface area (Å²) in [6.07, 6.45) is 0. The van der Waals surface area contributed by atoms with Gasteiger partial charge in [-0.3, -0.25) is 0 Å². The van der Waals surface area contributed by atoms with Gasteiger partial charge in [-0.2, -0.15) is 0 Å². The van der Waals surface area contributed by atoms with Crippen LogP contribution in [0.5, 0.6) is 0 Å². The molecule has 3 nitrogen and oxygen atoms in total. The van der Waals surface area contributed by atoms with Crippen LogP contribution in [0, 0.1) is 12.7 Å². The summed E-state index contributed by atoms with van der Waals surface area (Å²) in [7, 11) is 0. The van der Waals surface area contributed by atoms with E-state index < -0.39 is 11.8 Å². The standard InChI is InChI=1S/C7H5BrFNO2/c1-3-6(9)4(7(11)12)2-5(8)10-3/h2H,1H3,(H,11,12). The van der Waals surface area contributed by atoms with Crippen molar-refractivity contribution in [1.29, 1.82) is 0 Å². The molecule has 5 heteroatoms. The third kappa shape index (κ3) is 1.61. The Morgan fingerprint density at radius 3 is 2.83 bits per heavy atom. The number of carboxylic acids is 1. The average molecular weight is 234 g/mol. The van der Waals surface area contributed by atoms with Crippen molar-refractivity contribution in [3.63, 3.8) is 0 Å². The first-order valence-corrected chi connectivity index (χ1v) is 3.87. The Morgan fingerprint density at radius 2 is 2.33 bits per heavy atom. The van der Waals surface area contributed by atoms with Crippen molar-refractivity contribution in [1.82, 2.24) is 4.98 Å². The number of carboxylic acid groups (broad SMARTS) is 1. The van der Waals surface area contributed by atoms with Crippen molar-refractivity contribution in [2.45, 2.75) is 6.92 Å². The Kier molecular flexibility index (Phi) is 2.42. The van der Waals surface area contributed by atoms with E-state index in [1.807, 2.05) is 0 Å². The second-order valence-electron chi connectivity index (χ2n) is 2.20. The number of aromatic carboxylic acids is 1. The monoisotopic (exact) mass is 233 g/mol. The molecule has 1 aromatic rings. The Bertz CT molecular complexity index is 340. The smallest absolute Gasteiger partial charge is 0.338 e. The van der Waals surface area contributed by atoms with E-state index in [2.05, 4.69) is 20.9 Å². The van der Waals surface area contributed by atoms with Crippen molar-refractivity contribution in [3.05, 3.63) is 27.7 Å². The molecule has 0 fully saturated rings. The summed E-state index contributed by atoms with van der Waals surface area (Å²) >= 11 is 2.97. The van der Waals surface area contributed by atoms with Gasteiger partial charge in [-0.15, -0.1) is 0 Å². The number of aromatic nitrogens is 1. The number of hydrogen-bond donors (Lipinski definition) is 1. The minimum atomic E-state index is -1.29. The van der Waals surface area contributed by atoms with Gasteiger partial charge in [-0.1, -0.05) is 0 Å². The van der Waals surface area contributed by atoms with E-state index in [0.717, 1.165) is 6.07 Å². The van der Waals surface area contributed by atoms with Gasteiger partial charge in [0.1, 0.15) is 4.60 Å². The van der Waals surface area contributed by atoms with Gasteiger partial charge < -0.3 is 5.11 Å². The lowest BCUT2D eigenvalue weighted by Crippen LogP contribution is -2.04. The molecule has 0 saturated carbocycles. The van der Waals surface area contributed by atoms with E-state index >= 15 is 0 Å². The molecule has 0 amide bonds. The molecule has 0 radical (unpaired) electrons. The molecule has 0 aliphatic carbocycles. The fraction of sp³-hybridized carbons (Fsp3) is 0.143. The Morgan fingerprint density at radius 1 is 1.75 bits per heavy atom. The molecule has 0 aliphatic heterocycles. The molecule has 1 N–H and O–H groups in total. The van der Waals surface area contributed by atoms with E-state index in [9.17, 15) is 9.18 Å². The lowest BCUT2D eigenvalue weighted by atomic mass is 10.2. The quantitative estimate of drug-likeness (QED) is 0.756. The molecule has 0 aliphatic rings. The first-order valence-electron chi connectivity index (χ1n) is 3.08. The SMILES string of the molecule is Cc1nc(Br)cc(C(=O)O)c1F. The summed E-state index contributed by atoms with van der Waals surface area (Å²) in [6, 6.07) is 1.13. The maximum Gasteiger partial charge on any atom is 0.338 e. The number of nitrogens with zero attached hydrogens (tertiary/aromatic N) is 1. The van der Waals surface area contributed by atoms with Crippen LogP contribution in [0.2, 0.25) is 0 Å². The zero-order chi connectivity index (χ0) is 9.30. The summed E-state index contributed by atoms with van der Waals surface area (Å²) < 4.78 is 13.3. The molecule has 0 unspecified atom stereocenters. The van der Waals surface area contributed by atoms with E-state index in [4.69, 9.17) is 5.11 Å². The van der Waals surface area contributed by atoms with Crippen LogP contribution in [0.25, 0.3) is 0 Å². The van der Waals surface area contributed by atoms with Crippen LogP contribution in [0.1, 0.15) is 16.1 Å². The van der Waals surface area contributed by atoms with Gasteiger partial charge >= 0.3 is 5.97 Å². The van der Waals surface area contributed by atoms with Crippen LogP contribution in [-0.2, 0) is 0 Å². The lowest BCUT2D eigenvalue weighted by Gasteiger charge is -2.00. The highest BCUT2D eigenvalue weighted by Crippen LogP contribution is 2.15. The van der Waals surface area contributed by atoms with Crippen LogP contribution < -0.4 is 0 Å². The van der Waals surface area contributed by atoms with E-state index in [0.29, 0.717) is 4.60 Å². The van der Waals surface area contributed by atoms with Crippen molar-refractivity contribution in [2.24, 2.45) is 0 Å². The van der Waals surface area contributed by atoms with Crippen LogP contribution in [0.15, 0.2) is 10.7 Å². The number of hydrogen-bond acceptors (Lipinski definition) is 2. The third-order valence-electron chi connectivity index (χ3n) is 1.32. The molecule has 12 heavy (non-hydrogen) atoms. The number of aryl methyl sites for hydroxylation is 1. The number of halogens is 2. The van der Waals surface area contributed by atoms with Gasteiger partial charge in [0, 0.05) is 0 Å². The third-order valence-corrected chi connectivity index (χ3v) is 1.73. The highest BCUT2D eigenvalue weighted by atomic mass is 79.9. The van der Waals surface area contributed by atoms with Crippen molar-refractivity contribution < 1.29 is 14.3 Å². The summed E-state index contributed by atoms with van der Waals surface area (Å²) in [5, 5.41) is 8.53. The molecule has 0 atom stereocenters. The van der Waals surface area contributed by atoms with Crippen LogP contribution >= 0.6 is 15.9 Å². The van der Waals surface area contributed by atoms with Crippen molar-refractivity contribution in [3.8, 4) is 0 Å². The Hall–Kier alpha value is -0.970. The van der Waals surface area contributed by atoms with Crippen LogP contribution in [0.4, 0.5) is 4.39 Å². The zero-order valence-electron chi connectivity index (χ0n) is 6.14. The highest BCUT2D eigenvalue weighted by Gasteiger charge is 2.13. The summed E-state index contributed by atoms with van der Waals surface area (Å²) in [5.74, 6) is -2.08. The van der Waals surface area contributed by atoms with Crippen molar-refractivity contribution in [2.75, 3.05) is 0 Å². The molecule has 1 rings (SSSR count). The average Bonchev–Trinajstić information content (AvgIpc) is 1.96. The normalized spacial score (nSPS) is 9.92. The number of rotatable bonds is 1. The predicted molar refractivity (Wildman–Crippen MR) is 43.6 cm³/mol. The summed E-state index contributed by atoms with van der Waals surface area (Å²) in [5.41, 5.74) is -0.295. The van der Waals surface area contributed by atoms with Gasteiger partial charge in [0.2, 0.25) is 0 Å². The summed E-state index contributed by atoms with van der Waals surface area (Å²) in [6.45, 7) is 1.41.